The predicted molar refractivity (Wildman–Crippen MR) is 76.9 cm³/mol. The van der Waals surface area contributed by atoms with E-state index in [0.29, 0.717) is 12.4 Å². The largest absolute Gasteiger partial charge is 0.341 e. The summed E-state index contributed by atoms with van der Waals surface area (Å²) >= 11 is 5.84. The number of carbonyl (C=O) groups excluding carboxylic acids is 1. The minimum Gasteiger partial charge on any atom is -0.341 e. The maximum absolute atomic E-state index is 12.2. The number of nitrogens with zero attached hydrogens (tertiary/aromatic N) is 1. The van der Waals surface area contributed by atoms with Crippen molar-refractivity contribution in [3.05, 3.63) is 34.9 Å². The summed E-state index contributed by atoms with van der Waals surface area (Å²) in [4.78, 5) is 14.0. The van der Waals surface area contributed by atoms with Gasteiger partial charge in [-0.25, -0.2) is 0 Å². The van der Waals surface area contributed by atoms with Gasteiger partial charge in [0.2, 0.25) is 5.91 Å². The van der Waals surface area contributed by atoms with E-state index in [1.807, 2.05) is 20.9 Å². The van der Waals surface area contributed by atoms with Crippen LogP contribution in [0.2, 0.25) is 0 Å². The lowest BCUT2D eigenvalue weighted by atomic mass is 9.94. The molecule has 1 amide bonds. The van der Waals surface area contributed by atoms with Crippen molar-refractivity contribution in [1.29, 1.82) is 0 Å². The second-order valence-electron chi connectivity index (χ2n) is 5.61. The summed E-state index contributed by atoms with van der Waals surface area (Å²) in [5.41, 5.74) is 3.14. The number of aryl methyl sites for hydroxylation is 2. The van der Waals surface area contributed by atoms with Crippen LogP contribution in [0.25, 0.3) is 0 Å². The van der Waals surface area contributed by atoms with E-state index in [0.717, 1.165) is 0 Å². The van der Waals surface area contributed by atoms with Gasteiger partial charge in [0, 0.05) is 19.5 Å². The van der Waals surface area contributed by atoms with Gasteiger partial charge < -0.3 is 4.90 Å². The van der Waals surface area contributed by atoms with Crippen molar-refractivity contribution >= 4 is 17.5 Å². The monoisotopic (exact) mass is 267 g/mol. The molecule has 0 aliphatic carbocycles. The molecule has 1 aromatic rings. The Morgan fingerprint density at radius 3 is 2.44 bits per heavy atom. The van der Waals surface area contributed by atoms with Crippen LogP contribution in [0.5, 0.6) is 0 Å². The summed E-state index contributed by atoms with van der Waals surface area (Å²) < 4.78 is 0. The van der Waals surface area contributed by atoms with Gasteiger partial charge in [-0.05, 0) is 38.8 Å². The summed E-state index contributed by atoms with van der Waals surface area (Å²) in [5, 5.41) is 0. The molecule has 0 spiro atoms. The second-order valence-corrected chi connectivity index (χ2v) is 5.88. The Morgan fingerprint density at radius 1 is 1.33 bits per heavy atom. The van der Waals surface area contributed by atoms with Crippen LogP contribution in [0.4, 0.5) is 0 Å². The number of rotatable bonds is 4. The number of halogens is 1. The fraction of sp³-hybridized carbons (Fsp3) is 0.533. The Morgan fingerprint density at radius 2 is 1.94 bits per heavy atom. The van der Waals surface area contributed by atoms with Crippen molar-refractivity contribution < 1.29 is 4.79 Å². The van der Waals surface area contributed by atoms with E-state index in [4.69, 9.17) is 11.6 Å². The van der Waals surface area contributed by atoms with E-state index in [9.17, 15) is 4.79 Å². The Balaban J connectivity index is 2.82. The molecule has 0 saturated carbocycles. The van der Waals surface area contributed by atoms with E-state index < -0.39 is 5.41 Å². The first-order valence-corrected chi connectivity index (χ1v) is 6.69. The fourth-order valence-electron chi connectivity index (χ4n) is 1.92. The molecule has 0 heterocycles. The van der Waals surface area contributed by atoms with Crippen molar-refractivity contribution in [2.45, 2.75) is 34.2 Å². The van der Waals surface area contributed by atoms with Crippen molar-refractivity contribution in [2.24, 2.45) is 5.41 Å². The zero-order chi connectivity index (χ0) is 13.9. The van der Waals surface area contributed by atoms with E-state index in [2.05, 4.69) is 32.0 Å². The minimum atomic E-state index is -0.505. The van der Waals surface area contributed by atoms with Gasteiger partial charge in [-0.1, -0.05) is 23.8 Å². The number of hydrogen-bond acceptors (Lipinski definition) is 1. The van der Waals surface area contributed by atoms with E-state index in [1.54, 1.807) is 4.90 Å². The number of benzene rings is 1. The van der Waals surface area contributed by atoms with Crippen LogP contribution in [-0.2, 0) is 11.3 Å². The summed E-state index contributed by atoms with van der Waals surface area (Å²) in [6, 6.07) is 6.30. The standard InChI is InChI=1S/C15H22ClNO/c1-11-6-7-13(12(2)8-11)9-17(5)14(18)15(3,4)10-16/h6-8H,9-10H2,1-5H3. The van der Waals surface area contributed by atoms with Crippen molar-refractivity contribution in [2.75, 3.05) is 12.9 Å². The van der Waals surface area contributed by atoms with Crippen LogP contribution in [0.3, 0.4) is 0 Å². The molecule has 100 valence electrons. The molecule has 0 atom stereocenters. The summed E-state index contributed by atoms with van der Waals surface area (Å²) in [6.07, 6.45) is 0. The van der Waals surface area contributed by atoms with Gasteiger partial charge in [-0.15, -0.1) is 11.6 Å². The molecule has 0 bridgehead atoms. The normalized spacial score (nSPS) is 11.4. The molecule has 0 aliphatic rings. The fourth-order valence-corrected chi connectivity index (χ4v) is 2.04. The van der Waals surface area contributed by atoms with Crippen molar-refractivity contribution in [3.63, 3.8) is 0 Å². The highest BCUT2D eigenvalue weighted by Gasteiger charge is 2.29. The molecule has 0 fully saturated rings. The van der Waals surface area contributed by atoms with Gasteiger partial charge in [0.1, 0.15) is 0 Å². The maximum Gasteiger partial charge on any atom is 0.229 e. The molecule has 2 nitrogen and oxygen atoms in total. The Kier molecular flexibility index (Phi) is 4.80. The highest BCUT2D eigenvalue weighted by Crippen LogP contribution is 2.22. The minimum absolute atomic E-state index is 0.0810. The van der Waals surface area contributed by atoms with Gasteiger partial charge in [-0.3, -0.25) is 4.79 Å². The van der Waals surface area contributed by atoms with Gasteiger partial charge >= 0.3 is 0 Å². The van der Waals surface area contributed by atoms with Crippen LogP contribution >= 0.6 is 11.6 Å². The molecule has 0 unspecified atom stereocenters. The smallest absolute Gasteiger partial charge is 0.229 e. The highest BCUT2D eigenvalue weighted by atomic mass is 35.5. The number of carbonyl (C=O) groups is 1. The molecule has 18 heavy (non-hydrogen) atoms. The average Bonchev–Trinajstić information content (AvgIpc) is 2.31. The molecule has 0 saturated heterocycles. The molecule has 3 heteroatoms. The van der Waals surface area contributed by atoms with E-state index in [1.165, 1.54) is 16.7 Å². The average molecular weight is 268 g/mol. The first-order chi connectivity index (χ1) is 8.27. The number of amides is 1. The molecular weight excluding hydrogens is 246 g/mol. The summed E-state index contributed by atoms with van der Waals surface area (Å²) in [6.45, 7) is 8.53. The number of hydrogen-bond donors (Lipinski definition) is 0. The van der Waals surface area contributed by atoms with Gasteiger partial charge in [0.25, 0.3) is 0 Å². The summed E-state index contributed by atoms with van der Waals surface area (Å²) in [5.74, 6) is 0.417. The predicted octanol–water partition coefficient (Wildman–Crippen LogP) is 3.53. The maximum atomic E-state index is 12.2. The first-order valence-electron chi connectivity index (χ1n) is 6.15. The lowest BCUT2D eigenvalue weighted by Gasteiger charge is -2.28. The molecule has 0 radical (unpaired) electrons. The molecule has 0 N–H and O–H groups in total. The van der Waals surface area contributed by atoms with Gasteiger partial charge in [-0.2, -0.15) is 0 Å². The highest BCUT2D eigenvalue weighted by molar-refractivity contribution is 6.19. The van der Waals surface area contributed by atoms with Gasteiger partial charge in [0.05, 0.1) is 5.41 Å². The molecule has 0 aromatic heterocycles. The third-order valence-electron chi connectivity index (χ3n) is 3.17. The summed E-state index contributed by atoms with van der Waals surface area (Å²) in [7, 11) is 1.83. The van der Waals surface area contributed by atoms with Crippen LogP contribution in [0.1, 0.15) is 30.5 Å². The Hall–Kier alpha value is -1.02. The lowest BCUT2D eigenvalue weighted by Crippen LogP contribution is -2.39. The van der Waals surface area contributed by atoms with Crippen LogP contribution in [-0.4, -0.2) is 23.7 Å². The quantitative estimate of drug-likeness (QED) is 0.765. The topological polar surface area (TPSA) is 20.3 Å². The molecule has 1 aromatic carbocycles. The van der Waals surface area contributed by atoms with Crippen molar-refractivity contribution in [3.8, 4) is 0 Å². The Labute approximate surface area is 115 Å². The second kappa shape index (κ2) is 5.75. The van der Waals surface area contributed by atoms with E-state index >= 15 is 0 Å². The van der Waals surface area contributed by atoms with Gasteiger partial charge in [0.15, 0.2) is 0 Å². The van der Waals surface area contributed by atoms with Crippen LogP contribution in [0, 0.1) is 19.3 Å². The van der Waals surface area contributed by atoms with Crippen LogP contribution in [0.15, 0.2) is 18.2 Å². The third-order valence-corrected chi connectivity index (χ3v) is 3.83. The van der Waals surface area contributed by atoms with Crippen LogP contribution < -0.4 is 0 Å². The first kappa shape index (κ1) is 15.0. The lowest BCUT2D eigenvalue weighted by molar-refractivity contribution is -0.138. The zero-order valence-corrected chi connectivity index (χ0v) is 12.6. The molecule has 1 rings (SSSR count). The zero-order valence-electron chi connectivity index (χ0n) is 11.9. The molecule has 0 aliphatic heterocycles. The van der Waals surface area contributed by atoms with E-state index in [-0.39, 0.29) is 5.91 Å². The van der Waals surface area contributed by atoms with Crippen molar-refractivity contribution in [1.82, 2.24) is 4.90 Å². The number of alkyl halides is 1. The third kappa shape index (κ3) is 3.49. The molecular formula is C15H22ClNO. The Bertz CT molecular complexity index is 440. The SMILES string of the molecule is Cc1ccc(CN(C)C(=O)C(C)(C)CCl)c(C)c1.